The number of morpholine rings is 1. The van der Waals surface area contributed by atoms with E-state index in [0.717, 1.165) is 29.7 Å². The van der Waals surface area contributed by atoms with E-state index in [-0.39, 0.29) is 37.4 Å². The normalized spacial score (nSPS) is 13.7. The van der Waals surface area contributed by atoms with Crippen molar-refractivity contribution in [1.29, 1.82) is 0 Å². The van der Waals surface area contributed by atoms with Crippen molar-refractivity contribution in [3.63, 3.8) is 0 Å². The number of urea groups is 1. The number of hydrogen-bond acceptors (Lipinski definition) is 5. The van der Waals surface area contributed by atoms with Gasteiger partial charge < -0.3 is 24.3 Å². The van der Waals surface area contributed by atoms with Crippen LogP contribution in [0.15, 0.2) is 75.8 Å². The van der Waals surface area contributed by atoms with Crippen LogP contribution in [0.4, 0.5) is 14.9 Å². The summed E-state index contributed by atoms with van der Waals surface area (Å²) < 4.78 is 25.1. The predicted molar refractivity (Wildman–Crippen MR) is 146 cm³/mol. The Hall–Kier alpha value is -3.21. The fraction of sp³-hybridized carbons (Fsp3) is 0.357. The first-order valence-electron chi connectivity index (χ1n) is 12.6. The number of rotatable bonds is 11. The molecule has 0 unspecified atom stereocenters. The van der Waals surface area contributed by atoms with Crippen LogP contribution >= 0.6 is 15.9 Å². The van der Waals surface area contributed by atoms with Crippen molar-refractivity contribution in [3.05, 3.63) is 88.5 Å². The maximum Gasteiger partial charge on any atom is 0.322 e. The molecule has 0 atom stereocenters. The Bertz CT molecular complexity index is 1170. The molecule has 1 aliphatic rings. The molecule has 0 aliphatic carbocycles. The van der Waals surface area contributed by atoms with Crippen LogP contribution in [0.3, 0.4) is 0 Å². The molecule has 1 saturated heterocycles. The predicted octanol–water partition coefficient (Wildman–Crippen LogP) is 4.97. The van der Waals surface area contributed by atoms with Gasteiger partial charge in [-0.25, -0.2) is 9.18 Å². The van der Waals surface area contributed by atoms with Crippen molar-refractivity contribution in [2.24, 2.45) is 0 Å². The maximum absolute atomic E-state index is 13.6. The summed E-state index contributed by atoms with van der Waals surface area (Å²) in [6.45, 7) is 4.72. The lowest BCUT2D eigenvalue weighted by atomic mass is 10.2. The van der Waals surface area contributed by atoms with E-state index in [1.54, 1.807) is 46.4 Å². The Labute approximate surface area is 230 Å². The van der Waals surface area contributed by atoms with Gasteiger partial charge in [0.15, 0.2) is 0 Å². The van der Waals surface area contributed by atoms with Crippen LogP contribution in [-0.4, -0.2) is 72.6 Å². The highest BCUT2D eigenvalue weighted by Crippen LogP contribution is 2.22. The molecule has 202 valence electrons. The molecule has 0 spiro atoms. The molecular formula is C28H32BrFN4O4. The fourth-order valence-corrected chi connectivity index (χ4v) is 4.60. The van der Waals surface area contributed by atoms with Crippen molar-refractivity contribution in [1.82, 2.24) is 14.7 Å². The minimum atomic E-state index is -0.355. The quantitative estimate of drug-likeness (QED) is 0.343. The molecule has 3 aromatic rings. The summed E-state index contributed by atoms with van der Waals surface area (Å²) in [6.07, 6.45) is 2.27. The number of halogens is 2. The van der Waals surface area contributed by atoms with Crippen LogP contribution in [0.1, 0.15) is 17.7 Å². The highest BCUT2D eigenvalue weighted by molar-refractivity contribution is 9.10. The van der Waals surface area contributed by atoms with Gasteiger partial charge in [-0.05, 0) is 64.3 Å². The Morgan fingerprint density at radius 3 is 2.45 bits per heavy atom. The molecule has 0 radical (unpaired) electrons. The number of ether oxygens (including phenoxy) is 1. The standard InChI is InChI=1S/C28H32BrFN4O4/c29-25-6-1-2-7-26(25)31-28(36)33(13-4-12-32-14-17-37-18-15-32)21-27(35)34(20-24-5-3-16-38-24)19-22-8-10-23(30)11-9-22/h1-3,5-11,16H,4,12-15,17-21H2,(H,31,36). The van der Waals surface area contributed by atoms with Gasteiger partial charge in [0, 0.05) is 37.2 Å². The van der Waals surface area contributed by atoms with Crippen molar-refractivity contribution >= 4 is 33.6 Å². The first-order chi connectivity index (χ1) is 18.5. The van der Waals surface area contributed by atoms with Gasteiger partial charge >= 0.3 is 6.03 Å². The van der Waals surface area contributed by atoms with E-state index in [1.165, 1.54) is 12.1 Å². The average Bonchev–Trinajstić information content (AvgIpc) is 3.44. The van der Waals surface area contributed by atoms with Crippen LogP contribution in [0.25, 0.3) is 0 Å². The summed E-state index contributed by atoms with van der Waals surface area (Å²) in [5, 5.41) is 2.92. The Kier molecular flexibility index (Phi) is 10.3. The SMILES string of the molecule is O=C(CN(CCCN1CCOCC1)C(=O)Nc1ccccc1Br)N(Cc1ccc(F)cc1)Cc1ccco1. The van der Waals surface area contributed by atoms with E-state index in [9.17, 15) is 14.0 Å². The van der Waals surface area contributed by atoms with Gasteiger partial charge in [-0.15, -0.1) is 0 Å². The molecule has 1 N–H and O–H groups in total. The molecule has 3 amide bonds. The van der Waals surface area contributed by atoms with E-state index < -0.39 is 0 Å². The molecule has 4 rings (SSSR count). The number of para-hydroxylation sites is 1. The molecule has 1 aliphatic heterocycles. The first-order valence-corrected chi connectivity index (χ1v) is 13.4. The molecule has 0 bridgehead atoms. The van der Waals surface area contributed by atoms with Crippen LogP contribution in [0, 0.1) is 5.82 Å². The van der Waals surface area contributed by atoms with Gasteiger partial charge in [-0.3, -0.25) is 9.69 Å². The van der Waals surface area contributed by atoms with Gasteiger partial charge in [0.1, 0.15) is 18.1 Å². The molecule has 1 aromatic heterocycles. The number of carbonyl (C=O) groups excluding carboxylic acids is 2. The zero-order chi connectivity index (χ0) is 26.7. The molecule has 2 heterocycles. The molecule has 38 heavy (non-hydrogen) atoms. The number of hydrogen-bond donors (Lipinski definition) is 1. The molecule has 10 heteroatoms. The summed E-state index contributed by atoms with van der Waals surface area (Å²) in [4.78, 5) is 32.4. The summed E-state index contributed by atoms with van der Waals surface area (Å²) >= 11 is 3.46. The topological polar surface area (TPSA) is 78.3 Å². The third-order valence-corrected chi connectivity index (χ3v) is 6.99. The van der Waals surface area contributed by atoms with Gasteiger partial charge in [-0.2, -0.15) is 0 Å². The van der Waals surface area contributed by atoms with E-state index in [4.69, 9.17) is 9.15 Å². The lowest BCUT2D eigenvalue weighted by Gasteiger charge is -2.30. The van der Waals surface area contributed by atoms with E-state index in [2.05, 4.69) is 26.1 Å². The molecule has 2 aromatic carbocycles. The van der Waals surface area contributed by atoms with Crippen molar-refractivity contribution < 1.29 is 23.1 Å². The van der Waals surface area contributed by atoms with E-state index in [1.807, 2.05) is 18.2 Å². The lowest BCUT2D eigenvalue weighted by molar-refractivity contribution is -0.133. The zero-order valence-corrected chi connectivity index (χ0v) is 22.7. The summed E-state index contributed by atoms with van der Waals surface area (Å²) in [6, 6.07) is 16.6. The monoisotopic (exact) mass is 586 g/mol. The Morgan fingerprint density at radius 1 is 0.974 bits per heavy atom. The van der Waals surface area contributed by atoms with Gasteiger partial charge in [0.25, 0.3) is 0 Å². The second-order valence-corrected chi connectivity index (χ2v) is 9.95. The van der Waals surface area contributed by atoms with Crippen molar-refractivity contribution in [2.75, 3.05) is 51.3 Å². The molecule has 8 nitrogen and oxygen atoms in total. The van der Waals surface area contributed by atoms with Crippen LogP contribution < -0.4 is 5.32 Å². The third kappa shape index (κ3) is 8.41. The number of amides is 3. The third-order valence-electron chi connectivity index (χ3n) is 6.30. The van der Waals surface area contributed by atoms with Gasteiger partial charge in [-0.1, -0.05) is 24.3 Å². The van der Waals surface area contributed by atoms with Crippen LogP contribution in [-0.2, 0) is 22.6 Å². The fourth-order valence-electron chi connectivity index (χ4n) is 4.22. The second kappa shape index (κ2) is 14.1. The second-order valence-electron chi connectivity index (χ2n) is 9.09. The van der Waals surface area contributed by atoms with Crippen LogP contribution in [0.2, 0.25) is 0 Å². The summed E-state index contributed by atoms with van der Waals surface area (Å²) in [7, 11) is 0. The summed E-state index contributed by atoms with van der Waals surface area (Å²) in [5.74, 6) is 0.0456. The van der Waals surface area contributed by atoms with Crippen molar-refractivity contribution in [3.8, 4) is 0 Å². The zero-order valence-electron chi connectivity index (χ0n) is 21.2. The van der Waals surface area contributed by atoms with Crippen molar-refractivity contribution in [2.45, 2.75) is 19.5 Å². The minimum Gasteiger partial charge on any atom is -0.467 e. The minimum absolute atomic E-state index is 0.110. The van der Waals surface area contributed by atoms with Gasteiger partial charge in [0.2, 0.25) is 5.91 Å². The smallest absolute Gasteiger partial charge is 0.322 e. The number of nitrogens with one attached hydrogen (secondary N) is 1. The van der Waals surface area contributed by atoms with Crippen LogP contribution in [0.5, 0.6) is 0 Å². The molecule has 1 fully saturated rings. The molecule has 0 saturated carbocycles. The summed E-state index contributed by atoms with van der Waals surface area (Å²) in [5.41, 5.74) is 1.41. The number of benzene rings is 2. The molecular weight excluding hydrogens is 555 g/mol. The lowest BCUT2D eigenvalue weighted by Crippen LogP contribution is -2.45. The average molecular weight is 587 g/mol. The van der Waals surface area contributed by atoms with Gasteiger partial charge in [0.05, 0.1) is 31.7 Å². The number of anilines is 1. The largest absolute Gasteiger partial charge is 0.467 e. The maximum atomic E-state index is 13.6. The highest BCUT2D eigenvalue weighted by Gasteiger charge is 2.23. The highest BCUT2D eigenvalue weighted by atomic mass is 79.9. The number of furan rings is 1. The number of nitrogens with zero attached hydrogens (tertiary/aromatic N) is 3. The first kappa shape index (κ1) is 27.8. The van der Waals surface area contributed by atoms with E-state index in [0.29, 0.717) is 37.6 Å². The number of carbonyl (C=O) groups is 2. The van der Waals surface area contributed by atoms with E-state index >= 15 is 0 Å². The Morgan fingerprint density at radius 2 is 1.74 bits per heavy atom. The Balaban J connectivity index is 1.47.